The first-order valence-corrected chi connectivity index (χ1v) is 13.3. The van der Waals surface area contributed by atoms with Crippen LogP contribution in [0.25, 0.3) is 0 Å². The number of hydrazine groups is 1. The lowest BCUT2D eigenvalue weighted by atomic mass is 9.90. The summed E-state index contributed by atoms with van der Waals surface area (Å²) in [5.41, 5.74) is 6.44. The fraction of sp³-hybridized carbons (Fsp3) is 0.423. The van der Waals surface area contributed by atoms with Crippen molar-refractivity contribution in [3.8, 4) is 0 Å². The lowest BCUT2D eigenvalue weighted by Crippen LogP contribution is -2.55. The molecule has 1 amide bonds. The molecule has 35 heavy (non-hydrogen) atoms. The molecule has 4 rings (SSSR count). The van der Waals surface area contributed by atoms with Crippen molar-refractivity contribution in [3.63, 3.8) is 0 Å². The molecule has 2 N–H and O–H groups in total. The van der Waals surface area contributed by atoms with Crippen LogP contribution in [-0.2, 0) is 21.3 Å². The van der Waals surface area contributed by atoms with Crippen LogP contribution in [0.2, 0.25) is 0 Å². The maximum Gasteiger partial charge on any atom is 0.410 e. The first kappa shape index (κ1) is 25.2. The molecule has 2 aliphatic heterocycles. The highest BCUT2D eigenvalue weighted by atomic mass is 32.2. The monoisotopic (exact) mass is 498 g/mol. The minimum atomic E-state index is -3.74. The van der Waals surface area contributed by atoms with E-state index in [1.165, 1.54) is 5.56 Å². The Morgan fingerprint density at radius 1 is 1.03 bits per heavy atom. The number of hydrogen-bond acceptors (Lipinski definition) is 6. The van der Waals surface area contributed by atoms with Gasteiger partial charge in [0.15, 0.2) is 0 Å². The standard InChI is InChI=1S/C26H34N4O4S/c1-19-10-12-23(13-11-19)35(32,33)28-27-24-21-15-29(14-20-8-6-5-7-9-20)16-22(24)18-30(17-21)25(31)34-26(2,3)4/h5-13,21,27-28H,14-18H2,1-4H3. The Morgan fingerprint density at radius 2 is 1.71 bits per heavy atom. The van der Waals surface area contributed by atoms with Gasteiger partial charge in [0.1, 0.15) is 5.60 Å². The van der Waals surface area contributed by atoms with E-state index in [4.69, 9.17) is 4.74 Å². The molecule has 8 nitrogen and oxygen atoms in total. The molecule has 9 heteroatoms. The number of carbonyl (C=O) groups excluding carboxylic acids is 1. The first-order valence-electron chi connectivity index (χ1n) is 11.8. The van der Waals surface area contributed by atoms with Gasteiger partial charge in [-0.05, 0) is 51.0 Å². The first-order chi connectivity index (χ1) is 16.5. The quantitative estimate of drug-likeness (QED) is 0.593. The predicted octanol–water partition coefficient (Wildman–Crippen LogP) is 3.41. The number of carbonyl (C=O) groups is 1. The van der Waals surface area contributed by atoms with Gasteiger partial charge in [-0.3, -0.25) is 4.90 Å². The van der Waals surface area contributed by atoms with E-state index in [9.17, 15) is 13.2 Å². The molecule has 0 aromatic heterocycles. The average Bonchev–Trinajstić information content (AvgIpc) is 2.77. The highest BCUT2D eigenvalue weighted by Crippen LogP contribution is 2.30. The van der Waals surface area contributed by atoms with Gasteiger partial charge in [0, 0.05) is 44.3 Å². The number of ether oxygens (including phenoxy) is 1. The molecule has 0 spiro atoms. The van der Waals surface area contributed by atoms with E-state index < -0.39 is 15.6 Å². The molecule has 0 saturated heterocycles. The van der Waals surface area contributed by atoms with E-state index >= 15 is 0 Å². The fourth-order valence-electron chi connectivity index (χ4n) is 4.47. The number of amides is 1. The lowest BCUT2D eigenvalue weighted by molar-refractivity contribution is 0.0186. The molecule has 1 atom stereocenters. The third-order valence-electron chi connectivity index (χ3n) is 6.06. The third-order valence-corrected chi connectivity index (χ3v) is 7.32. The van der Waals surface area contributed by atoms with Crippen LogP contribution in [-0.4, -0.2) is 56.1 Å². The van der Waals surface area contributed by atoms with Crippen molar-refractivity contribution in [3.05, 3.63) is 77.0 Å². The van der Waals surface area contributed by atoms with E-state index in [0.29, 0.717) is 26.2 Å². The predicted molar refractivity (Wildman–Crippen MR) is 135 cm³/mol. The Hall–Kier alpha value is -2.88. The zero-order valence-corrected chi connectivity index (χ0v) is 21.6. The summed E-state index contributed by atoms with van der Waals surface area (Å²) in [5.74, 6) is -0.0792. The minimum absolute atomic E-state index is 0.0792. The van der Waals surface area contributed by atoms with Crippen molar-refractivity contribution >= 4 is 16.1 Å². The zero-order chi connectivity index (χ0) is 25.2. The molecule has 0 fully saturated rings. The van der Waals surface area contributed by atoms with Crippen LogP contribution >= 0.6 is 0 Å². The van der Waals surface area contributed by atoms with Crippen LogP contribution < -0.4 is 10.3 Å². The molecule has 0 radical (unpaired) electrons. The van der Waals surface area contributed by atoms with Crippen LogP contribution in [0.5, 0.6) is 0 Å². The van der Waals surface area contributed by atoms with E-state index in [-0.39, 0.29) is 16.9 Å². The molecule has 188 valence electrons. The van der Waals surface area contributed by atoms with E-state index in [1.807, 2.05) is 45.9 Å². The topological polar surface area (TPSA) is 91.0 Å². The maximum atomic E-state index is 12.8. The van der Waals surface area contributed by atoms with E-state index in [0.717, 1.165) is 23.4 Å². The van der Waals surface area contributed by atoms with Crippen molar-refractivity contribution < 1.29 is 17.9 Å². The number of fused-ring (bicyclic) bond motifs is 1. The second-order valence-electron chi connectivity index (χ2n) is 10.3. The number of aryl methyl sites for hydroxylation is 1. The highest BCUT2D eigenvalue weighted by molar-refractivity contribution is 7.89. The van der Waals surface area contributed by atoms with Gasteiger partial charge in [0.25, 0.3) is 10.0 Å². The molecular weight excluding hydrogens is 464 g/mol. The van der Waals surface area contributed by atoms with Crippen molar-refractivity contribution in [1.29, 1.82) is 0 Å². The molecule has 2 bridgehead atoms. The largest absolute Gasteiger partial charge is 0.444 e. The summed E-state index contributed by atoms with van der Waals surface area (Å²) >= 11 is 0. The van der Waals surface area contributed by atoms with Gasteiger partial charge in [-0.15, -0.1) is 4.83 Å². The number of rotatable bonds is 6. The Kier molecular flexibility index (Phi) is 7.21. The van der Waals surface area contributed by atoms with E-state index in [1.54, 1.807) is 29.2 Å². The molecule has 0 saturated carbocycles. The number of hydrogen-bond donors (Lipinski definition) is 2. The second-order valence-corrected chi connectivity index (χ2v) is 12.0. The van der Waals surface area contributed by atoms with Crippen LogP contribution in [0.15, 0.2) is 70.8 Å². The summed E-state index contributed by atoms with van der Waals surface area (Å²) in [7, 11) is -3.74. The minimum Gasteiger partial charge on any atom is -0.444 e. The maximum absolute atomic E-state index is 12.8. The van der Waals surface area contributed by atoms with Crippen molar-refractivity contribution in [2.24, 2.45) is 5.92 Å². The van der Waals surface area contributed by atoms with Crippen LogP contribution in [0.4, 0.5) is 4.79 Å². The third kappa shape index (κ3) is 6.42. The van der Waals surface area contributed by atoms with E-state index in [2.05, 4.69) is 27.3 Å². The van der Waals surface area contributed by atoms with Gasteiger partial charge in [-0.25, -0.2) is 13.2 Å². The Balaban J connectivity index is 1.53. The summed E-state index contributed by atoms with van der Waals surface area (Å²) in [5, 5.41) is 0. The Bertz CT molecular complexity index is 1190. The molecule has 0 aliphatic carbocycles. The summed E-state index contributed by atoms with van der Waals surface area (Å²) < 4.78 is 31.3. The van der Waals surface area contributed by atoms with Gasteiger partial charge < -0.3 is 15.1 Å². The van der Waals surface area contributed by atoms with Crippen LogP contribution in [0, 0.1) is 12.8 Å². The molecular formula is C26H34N4O4S. The molecule has 2 aromatic rings. The SMILES string of the molecule is Cc1ccc(S(=O)(=O)NNC2=C3CN(Cc4ccccc4)CC2CN(C(=O)OC(C)(C)C)C3)cc1. The number of benzene rings is 2. The van der Waals surface area contributed by atoms with Crippen LogP contribution in [0.3, 0.4) is 0 Å². The van der Waals surface area contributed by atoms with Gasteiger partial charge in [-0.2, -0.15) is 0 Å². The summed E-state index contributed by atoms with van der Waals surface area (Å²) in [4.78, 5) is 19.6. The van der Waals surface area contributed by atoms with Crippen molar-refractivity contribution in [2.45, 2.75) is 44.7 Å². The Morgan fingerprint density at radius 3 is 2.34 bits per heavy atom. The summed E-state index contributed by atoms with van der Waals surface area (Å²) in [6, 6.07) is 17.0. The molecule has 2 aliphatic rings. The smallest absolute Gasteiger partial charge is 0.410 e. The fourth-order valence-corrected chi connectivity index (χ4v) is 5.33. The summed E-state index contributed by atoms with van der Waals surface area (Å²) in [6.07, 6.45) is -0.351. The van der Waals surface area contributed by atoms with Crippen LogP contribution in [0.1, 0.15) is 31.9 Å². The number of sulfonamides is 1. The average molecular weight is 499 g/mol. The van der Waals surface area contributed by atoms with Gasteiger partial charge in [0.2, 0.25) is 0 Å². The number of nitrogens with zero attached hydrogens (tertiary/aromatic N) is 2. The van der Waals surface area contributed by atoms with Gasteiger partial charge >= 0.3 is 6.09 Å². The molecule has 2 heterocycles. The highest BCUT2D eigenvalue weighted by Gasteiger charge is 2.37. The second kappa shape index (κ2) is 10.0. The van der Waals surface area contributed by atoms with Gasteiger partial charge in [-0.1, -0.05) is 48.0 Å². The van der Waals surface area contributed by atoms with Gasteiger partial charge in [0.05, 0.1) is 4.90 Å². The lowest BCUT2D eigenvalue weighted by Gasteiger charge is -2.44. The summed E-state index contributed by atoms with van der Waals surface area (Å²) in [6.45, 7) is 10.4. The molecule has 2 aromatic carbocycles. The Labute approximate surface area is 208 Å². The van der Waals surface area contributed by atoms with Crippen molar-refractivity contribution in [2.75, 3.05) is 26.2 Å². The molecule has 1 unspecified atom stereocenters. The number of nitrogens with one attached hydrogen (secondary N) is 2. The normalized spacial score (nSPS) is 19.0. The van der Waals surface area contributed by atoms with Crippen molar-refractivity contribution in [1.82, 2.24) is 20.1 Å². The zero-order valence-electron chi connectivity index (χ0n) is 20.7.